The van der Waals surface area contributed by atoms with E-state index in [4.69, 9.17) is 4.42 Å². The van der Waals surface area contributed by atoms with Crippen LogP contribution in [0.3, 0.4) is 0 Å². The molecule has 0 aliphatic carbocycles. The topological polar surface area (TPSA) is 83.0 Å². The first kappa shape index (κ1) is 16.0. The number of hydrogen-bond donors (Lipinski definition) is 3. The fraction of sp³-hybridized carbons (Fsp3) is 0.100. The van der Waals surface area contributed by atoms with Gasteiger partial charge in [-0.15, -0.1) is 0 Å². The van der Waals surface area contributed by atoms with Gasteiger partial charge in [0, 0.05) is 23.6 Å². The first-order valence-electron chi connectivity index (χ1n) is 8.39. The third-order valence-electron chi connectivity index (χ3n) is 4.15. The van der Waals surface area contributed by atoms with Crippen molar-refractivity contribution < 1.29 is 9.21 Å². The van der Waals surface area contributed by atoms with E-state index < -0.39 is 0 Å². The number of amides is 1. The highest BCUT2D eigenvalue weighted by Crippen LogP contribution is 2.18. The molecule has 0 aliphatic rings. The van der Waals surface area contributed by atoms with Crippen molar-refractivity contribution >= 4 is 28.3 Å². The lowest BCUT2D eigenvalue weighted by Gasteiger charge is -2.07. The van der Waals surface area contributed by atoms with Crippen molar-refractivity contribution in [1.29, 1.82) is 0 Å². The summed E-state index contributed by atoms with van der Waals surface area (Å²) in [6.07, 6.45) is 6.12. The quantitative estimate of drug-likeness (QED) is 0.491. The average Bonchev–Trinajstić information content (AvgIpc) is 3.34. The first-order chi connectivity index (χ1) is 12.8. The van der Waals surface area contributed by atoms with Gasteiger partial charge in [0.25, 0.3) is 5.91 Å². The van der Waals surface area contributed by atoms with Gasteiger partial charge in [-0.25, -0.2) is 4.98 Å². The molecule has 6 heteroatoms. The molecule has 3 heterocycles. The maximum absolute atomic E-state index is 11.9. The summed E-state index contributed by atoms with van der Waals surface area (Å²) in [6.45, 7) is 0.793. The molecule has 0 fully saturated rings. The number of aromatic nitrogens is 2. The predicted molar refractivity (Wildman–Crippen MR) is 101 cm³/mol. The van der Waals surface area contributed by atoms with Crippen molar-refractivity contribution in [3.8, 4) is 0 Å². The van der Waals surface area contributed by atoms with Crippen LogP contribution in [0, 0.1) is 0 Å². The van der Waals surface area contributed by atoms with Crippen LogP contribution in [0.15, 0.2) is 71.6 Å². The van der Waals surface area contributed by atoms with Crippen LogP contribution in [0.1, 0.15) is 16.1 Å². The molecule has 0 spiro atoms. The molecule has 0 unspecified atom stereocenters. The van der Waals surface area contributed by atoms with Crippen molar-refractivity contribution in [2.75, 3.05) is 17.2 Å². The lowest BCUT2D eigenvalue weighted by atomic mass is 10.1. The third-order valence-corrected chi connectivity index (χ3v) is 4.15. The molecule has 0 aliphatic heterocycles. The van der Waals surface area contributed by atoms with E-state index in [1.165, 1.54) is 17.2 Å². The molecule has 0 radical (unpaired) electrons. The number of benzene rings is 1. The molecule has 3 aromatic heterocycles. The second kappa shape index (κ2) is 7.14. The Bertz CT molecular complexity index is 1000. The molecule has 1 aromatic carbocycles. The summed E-state index contributed by atoms with van der Waals surface area (Å²) >= 11 is 0. The first-order valence-corrected chi connectivity index (χ1v) is 8.39. The maximum Gasteiger partial charge on any atom is 0.292 e. The smallest absolute Gasteiger partial charge is 0.292 e. The summed E-state index contributed by atoms with van der Waals surface area (Å²) < 4.78 is 5.06. The van der Waals surface area contributed by atoms with Crippen molar-refractivity contribution in [3.63, 3.8) is 0 Å². The van der Waals surface area contributed by atoms with E-state index >= 15 is 0 Å². The fourth-order valence-electron chi connectivity index (χ4n) is 2.84. The highest BCUT2D eigenvalue weighted by atomic mass is 16.3. The zero-order chi connectivity index (χ0) is 17.8. The van der Waals surface area contributed by atoms with Gasteiger partial charge in [-0.3, -0.25) is 4.79 Å². The van der Waals surface area contributed by atoms with Gasteiger partial charge in [-0.1, -0.05) is 18.2 Å². The van der Waals surface area contributed by atoms with E-state index in [0.717, 1.165) is 24.2 Å². The third kappa shape index (κ3) is 3.44. The van der Waals surface area contributed by atoms with Crippen LogP contribution in [-0.2, 0) is 6.42 Å². The van der Waals surface area contributed by atoms with Crippen LogP contribution in [0.5, 0.6) is 0 Å². The number of furan rings is 1. The number of anilines is 2. The molecule has 6 nitrogen and oxygen atoms in total. The number of nitrogens with one attached hydrogen (secondary N) is 3. The summed E-state index contributed by atoms with van der Waals surface area (Å²) in [6, 6.07) is 15.2. The molecule has 3 N–H and O–H groups in total. The van der Waals surface area contributed by atoms with E-state index in [1.54, 1.807) is 24.4 Å². The van der Waals surface area contributed by atoms with Gasteiger partial charge in [0.2, 0.25) is 0 Å². The number of rotatable bonds is 6. The summed E-state index contributed by atoms with van der Waals surface area (Å²) in [7, 11) is 0. The van der Waals surface area contributed by atoms with Crippen LogP contribution < -0.4 is 10.6 Å². The molecule has 0 saturated carbocycles. The number of para-hydroxylation sites is 1. The van der Waals surface area contributed by atoms with Crippen LogP contribution in [0.25, 0.3) is 10.9 Å². The Hall–Kier alpha value is -3.54. The standard InChI is InChI=1S/C20H18N4O2/c25-20(18-6-3-11-26-18)24-19-8-7-15(13-23-19)21-10-9-14-12-22-17-5-2-1-4-16(14)17/h1-8,11-13,21-22H,9-10H2,(H,23,24,25). The van der Waals surface area contributed by atoms with E-state index in [1.807, 2.05) is 18.2 Å². The van der Waals surface area contributed by atoms with Crippen molar-refractivity contribution in [2.45, 2.75) is 6.42 Å². The van der Waals surface area contributed by atoms with Gasteiger partial charge < -0.3 is 20.0 Å². The Morgan fingerprint density at radius 3 is 2.85 bits per heavy atom. The van der Waals surface area contributed by atoms with Crippen molar-refractivity contribution in [2.24, 2.45) is 0 Å². The molecule has 1 amide bonds. The number of carbonyl (C=O) groups is 1. The van der Waals surface area contributed by atoms with E-state index in [2.05, 4.69) is 38.9 Å². The normalized spacial score (nSPS) is 10.8. The van der Waals surface area contributed by atoms with Gasteiger partial charge in [0.05, 0.1) is 18.1 Å². The van der Waals surface area contributed by atoms with E-state index in [-0.39, 0.29) is 11.7 Å². The SMILES string of the molecule is O=C(Nc1ccc(NCCc2c[nH]c3ccccc23)cn1)c1ccco1. The molecule has 26 heavy (non-hydrogen) atoms. The molecule has 0 bridgehead atoms. The molecule has 4 rings (SSSR count). The minimum Gasteiger partial charge on any atom is -0.459 e. The molecular weight excluding hydrogens is 328 g/mol. The molecule has 0 saturated heterocycles. The maximum atomic E-state index is 11.9. The fourth-order valence-corrected chi connectivity index (χ4v) is 2.84. The van der Waals surface area contributed by atoms with E-state index in [0.29, 0.717) is 5.82 Å². The van der Waals surface area contributed by atoms with Gasteiger partial charge in [-0.2, -0.15) is 0 Å². The van der Waals surface area contributed by atoms with Crippen LogP contribution in [0.2, 0.25) is 0 Å². The summed E-state index contributed by atoms with van der Waals surface area (Å²) in [5.41, 5.74) is 3.34. The number of pyridine rings is 1. The van der Waals surface area contributed by atoms with Crippen LogP contribution in [0.4, 0.5) is 11.5 Å². The lowest BCUT2D eigenvalue weighted by molar-refractivity contribution is 0.0996. The second-order valence-electron chi connectivity index (χ2n) is 5.90. The minimum absolute atomic E-state index is 0.257. The molecule has 130 valence electrons. The number of aromatic amines is 1. The summed E-state index contributed by atoms with van der Waals surface area (Å²) in [4.78, 5) is 19.4. The van der Waals surface area contributed by atoms with Gasteiger partial charge in [0.15, 0.2) is 5.76 Å². The number of carbonyl (C=O) groups excluding carboxylic acids is 1. The Kier molecular flexibility index (Phi) is 4.38. The second-order valence-corrected chi connectivity index (χ2v) is 5.90. The number of fused-ring (bicyclic) bond motifs is 1. The highest BCUT2D eigenvalue weighted by Gasteiger charge is 2.09. The zero-order valence-electron chi connectivity index (χ0n) is 14.0. The van der Waals surface area contributed by atoms with Crippen LogP contribution in [-0.4, -0.2) is 22.4 Å². The Morgan fingerprint density at radius 2 is 2.04 bits per heavy atom. The van der Waals surface area contributed by atoms with Crippen molar-refractivity contribution in [3.05, 3.63) is 78.5 Å². The molecule has 4 aromatic rings. The van der Waals surface area contributed by atoms with Gasteiger partial charge >= 0.3 is 0 Å². The van der Waals surface area contributed by atoms with Crippen LogP contribution >= 0.6 is 0 Å². The summed E-state index contributed by atoms with van der Waals surface area (Å²) in [5.74, 6) is 0.420. The monoisotopic (exact) mass is 346 g/mol. The van der Waals surface area contributed by atoms with Gasteiger partial charge in [0.1, 0.15) is 5.82 Å². The highest BCUT2D eigenvalue weighted by molar-refractivity contribution is 6.01. The summed E-state index contributed by atoms with van der Waals surface area (Å²) in [5, 5.41) is 7.30. The predicted octanol–water partition coefficient (Wildman–Crippen LogP) is 4.06. The van der Waals surface area contributed by atoms with E-state index in [9.17, 15) is 4.79 Å². The lowest BCUT2D eigenvalue weighted by Crippen LogP contribution is -2.12. The minimum atomic E-state index is -0.317. The number of hydrogen-bond acceptors (Lipinski definition) is 4. The number of nitrogens with zero attached hydrogens (tertiary/aromatic N) is 1. The average molecular weight is 346 g/mol. The Balaban J connectivity index is 1.32. The largest absolute Gasteiger partial charge is 0.459 e. The van der Waals surface area contributed by atoms with Crippen molar-refractivity contribution in [1.82, 2.24) is 9.97 Å². The van der Waals surface area contributed by atoms with Gasteiger partial charge in [-0.05, 0) is 42.3 Å². The Labute approximate surface area is 150 Å². The zero-order valence-corrected chi connectivity index (χ0v) is 14.0. The Morgan fingerprint density at radius 1 is 1.12 bits per heavy atom. The molecular formula is C20H18N4O2. The molecule has 0 atom stereocenters. The number of H-pyrrole nitrogens is 1.